The van der Waals surface area contributed by atoms with E-state index in [9.17, 15) is 13.2 Å². The lowest BCUT2D eigenvalue weighted by molar-refractivity contribution is -0.137. The van der Waals surface area contributed by atoms with Crippen LogP contribution in [0, 0.1) is 5.92 Å². The van der Waals surface area contributed by atoms with Gasteiger partial charge in [0, 0.05) is 12.2 Å². The predicted octanol–water partition coefficient (Wildman–Crippen LogP) is 0.435. The second-order valence-electron chi connectivity index (χ2n) is 4.78. The fraction of sp³-hybridized carbons (Fsp3) is 0.636. The van der Waals surface area contributed by atoms with E-state index in [-0.39, 0.29) is 17.5 Å². The number of carboxylic acids is 1. The summed E-state index contributed by atoms with van der Waals surface area (Å²) in [5.74, 6) is -0.640. The Kier molecular flexibility index (Phi) is 3.91. The van der Waals surface area contributed by atoms with Crippen LogP contribution in [0.15, 0.2) is 17.3 Å². The largest absolute Gasteiger partial charge is 0.480 e. The second kappa shape index (κ2) is 5.30. The summed E-state index contributed by atoms with van der Waals surface area (Å²) in [7, 11) is -3.59. The maximum Gasteiger partial charge on any atom is 0.325 e. The highest BCUT2D eigenvalue weighted by atomic mass is 32.2. The molecular formula is C11H17N3O4S. The number of rotatable bonds is 7. The molecule has 0 saturated heterocycles. The number of hydrogen-bond acceptors (Lipinski definition) is 4. The molecule has 106 valence electrons. The molecule has 1 aromatic heterocycles. The van der Waals surface area contributed by atoms with Crippen molar-refractivity contribution in [3.05, 3.63) is 12.4 Å². The van der Waals surface area contributed by atoms with Crippen molar-refractivity contribution in [2.24, 2.45) is 5.92 Å². The van der Waals surface area contributed by atoms with Gasteiger partial charge in [-0.05, 0) is 18.8 Å². The summed E-state index contributed by atoms with van der Waals surface area (Å²) in [5, 5.41) is 12.3. The van der Waals surface area contributed by atoms with Crippen molar-refractivity contribution >= 4 is 16.0 Å². The first-order valence-corrected chi connectivity index (χ1v) is 7.67. The van der Waals surface area contributed by atoms with Crippen LogP contribution in [0.25, 0.3) is 0 Å². The smallest absolute Gasteiger partial charge is 0.325 e. The Balaban J connectivity index is 2.00. The molecule has 0 aliphatic heterocycles. The molecule has 0 spiro atoms. The number of nitrogens with one attached hydrogen (secondary N) is 1. The molecule has 1 aliphatic carbocycles. The van der Waals surface area contributed by atoms with Crippen molar-refractivity contribution in [1.82, 2.24) is 14.5 Å². The van der Waals surface area contributed by atoms with Gasteiger partial charge in [-0.15, -0.1) is 0 Å². The van der Waals surface area contributed by atoms with Crippen LogP contribution in [0.1, 0.15) is 26.2 Å². The van der Waals surface area contributed by atoms with Crippen molar-refractivity contribution in [1.29, 1.82) is 0 Å². The monoisotopic (exact) mass is 287 g/mol. The lowest BCUT2D eigenvalue weighted by atomic mass is 10.2. The van der Waals surface area contributed by atoms with E-state index >= 15 is 0 Å². The summed E-state index contributed by atoms with van der Waals surface area (Å²) in [5.41, 5.74) is 0. The van der Waals surface area contributed by atoms with Crippen molar-refractivity contribution in [2.75, 3.05) is 0 Å². The first-order valence-electron chi connectivity index (χ1n) is 6.19. The molecule has 1 heterocycles. The summed E-state index contributed by atoms with van der Waals surface area (Å²) in [6, 6.07) is 0.00720. The minimum Gasteiger partial charge on any atom is -0.480 e. The average Bonchev–Trinajstić information content (AvgIpc) is 2.84. The molecule has 1 saturated carbocycles. The van der Waals surface area contributed by atoms with Gasteiger partial charge in [-0.1, -0.05) is 13.3 Å². The van der Waals surface area contributed by atoms with Gasteiger partial charge in [0.15, 0.2) is 0 Å². The zero-order valence-electron chi connectivity index (χ0n) is 10.6. The minimum atomic E-state index is -3.59. The van der Waals surface area contributed by atoms with E-state index in [1.807, 2.05) is 0 Å². The summed E-state index contributed by atoms with van der Waals surface area (Å²) < 4.78 is 27.7. The van der Waals surface area contributed by atoms with Crippen LogP contribution in [0.3, 0.4) is 0 Å². The first kappa shape index (κ1) is 14.0. The molecule has 19 heavy (non-hydrogen) atoms. The van der Waals surface area contributed by atoms with E-state index in [0.29, 0.717) is 5.92 Å². The maximum atomic E-state index is 12.0. The van der Waals surface area contributed by atoms with Gasteiger partial charge in [0.2, 0.25) is 10.0 Å². The van der Waals surface area contributed by atoms with Gasteiger partial charge in [-0.25, -0.2) is 13.1 Å². The SMILES string of the molecule is CCCC1CC1NS(=O)(=O)c1cnn(CC(=O)O)c1. The van der Waals surface area contributed by atoms with Crippen molar-refractivity contribution in [2.45, 2.75) is 43.7 Å². The Morgan fingerprint density at radius 2 is 2.37 bits per heavy atom. The number of nitrogens with zero attached hydrogens (tertiary/aromatic N) is 2. The summed E-state index contributed by atoms with van der Waals surface area (Å²) in [6.07, 6.45) is 5.33. The second-order valence-corrected chi connectivity index (χ2v) is 6.49. The van der Waals surface area contributed by atoms with Crippen molar-refractivity contribution < 1.29 is 18.3 Å². The normalized spacial score (nSPS) is 22.4. The van der Waals surface area contributed by atoms with E-state index in [0.717, 1.165) is 23.9 Å². The Labute approximate surface area is 111 Å². The van der Waals surface area contributed by atoms with Gasteiger partial charge in [0.05, 0.1) is 6.20 Å². The Morgan fingerprint density at radius 1 is 1.63 bits per heavy atom. The van der Waals surface area contributed by atoms with E-state index < -0.39 is 16.0 Å². The highest BCUT2D eigenvalue weighted by Gasteiger charge is 2.39. The zero-order valence-corrected chi connectivity index (χ0v) is 11.4. The molecule has 0 amide bonds. The molecule has 1 aliphatic rings. The molecule has 1 fully saturated rings. The summed E-state index contributed by atoms with van der Waals surface area (Å²) in [4.78, 5) is 10.5. The Morgan fingerprint density at radius 3 is 3.00 bits per heavy atom. The lowest BCUT2D eigenvalue weighted by Crippen LogP contribution is -2.26. The van der Waals surface area contributed by atoms with Crippen LogP contribution in [-0.4, -0.2) is 35.3 Å². The third kappa shape index (κ3) is 3.54. The molecule has 7 nitrogen and oxygen atoms in total. The Hall–Kier alpha value is -1.41. The van der Waals surface area contributed by atoms with E-state index in [1.54, 1.807) is 0 Å². The number of hydrogen-bond donors (Lipinski definition) is 2. The molecule has 0 radical (unpaired) electrons. The van der Waals surface area contributed by atoms with Crippen LogP contribution in [0.2, 0.25) is 0 Å². The molecule has 0 aromatic carbocycles. The first-order chi connectivity index (χ1) is 8.92. The lowest BCUT2D eigenvalue weighted by Gasteiger charge is -2.03. The van der Waals surface area contributed by atoms with Crippen LogP contribution >= 0.6 is 0 Å². The summed E-state index contributed by atoms with van der Waals surface area (Å²) in [6.45, 7) is 1.72. The van der Waals surface area contributed by atoms with Gasteiger partial charge >= 0.3 is 5.97 Å². The van der Waals surface area contributed by atoms with Gasteiger partial charge in [-0.3, -0.25) is 9.48 Å². The van der Waals surface area contributed by atoms with E-state index in [4.69, 9.17) is 5.11 Å². The zero-order chi connectivity index (χ0) is 14.0. The fourth-order valence-electron chi connectivity index (χ4n) is 2.06. The molecule has 2 N–H and O–H groups in total. The topological polar surface area (TPSA) is 101 Å². The van der Waals surface area contributed by atoms with Gasteiger partial charge in [0.25, 0.3) is 0 Å². The summed E-state index contributed by atoms with van der Waals surface area (Å²) >= 11 is 0. The average molecular weight is 287 g/mol. The third-order valence-corrected chi connectivity index (χ3v) is 4.55. The highest BCUT2D eigenvalue weighted by molar-refractivity contribution is 7.89. The molecular weight excluding hydrogens is 270 g/mol. The fourth-order valence-corrected chi connectivity index (χ4v) is 3.33. The molecule has 8 heteroatoms. The van der Waals surface area contributed by atoms with E-state index in [1.165, 1.54) is 12.4 Å². The third-order valence-electron chi connectivity index (χ3n) is 3.11. The number of carboxylic acid groups (broad SMARTS) is 1. The van der Waals surface area contributed by atoms with Crippen molar-refractivity contribution in [3.8, 4) is 0 Å². The number of aromatic nitrogens is 2. The van der Waals surface area contributed by atoms with Crippen LogP contribution in [-0.2, 0) is 21.4 Å². The van der Waals surface area contributed by atoms with Crippen molar-refractivity contribution in [3.63, 3.8) is 0 Å². The predicted molar refractivity (Wildman–Crippen MR) is 67.0 cm³/mol. The highest BCUT2D eigenvalue weighted by Crippen LogP contribution is 2.35. The number of carbonyl (C=O) groups is 1. The molecule has 2 atom stereocenters. The maximum absolute atomic E-state index is 12.0. The molecule has 2 unspecified atom stereocenters. The Bertz CT molecular complexity index is 566. The van der Waals surface area contributed by atoms with Crippen LogP contribution in [0.4, 0.5) is 0 Å². The van der Waals surface area contributed by atoms with E-state index in [2.05, 4.69) is 16.7 Å². The van der Waals surface area contributed by atoms with Gasteiger partial charge in [0.1, 0.15) is 11.4 Å². The number of sulfonamides is 1. The molecule has 2 rings (SSSR count). The number of aliphatic carboxylic acids is 1. The minimum absolute atomic E-state index is 0.00720. The van der Waals surface area contributed by atoms with Gasteiger partial charge in [-0.2, -0.15) is 5.10 Å². The van der Waals surface area contributed by atoms with Gasteiger partial charge < -0.3 is 5.11 Å². The standard InChI is InChI=1S/C11H17N3O4S/c1-2-3-8-4-10(8)13-19(17,18)9-5-12-14(6-9)7-11(15)16/h5-6,8,10,13H,2-4,7H2,1H3,(H,15,16). The quantitative estimate of drug-likeness (QED) is 0.757. The van der Waals surface area contributed by atoms with Crippen LogP contribution in [0.5, 0.6) is 0 Å². The molecule has 1 aromatic rings. The molecule has 0 bridgehead atoms. The van der Waals surface area contributed by atoms with Crippen LogP contribution < -0.4 is 4.72 Å².